The van der Waals surface area contributed by atoms with Crippen LogP contribution < -0.4 is 0 Å². The molecule has 0 bridgehead atoms. The van der Waals surface area contributed by atoms with Gasteiger partial charge in [-0.05, 0) is 127 Å². The minimum absolute atomic E-state index is 0.384. The van der Waals surface area contributed by atoms with Gasteiger partial charge in [0.2, 0.25) is 0 Å². The summed E-state index contributed by atoms with van der Waals surface area (Å²) in [5, 5.41) is 4.96. The molecular formula is C66H42O2S. The van der Waals surface area contributed by atoms with Crippen molar-refractivity contribution in [2.75, 3.05) is 0 Å². The smallest absolute Gasteiger partial charge is 0.143 e. The van der Waals surface area contributed by atoms with Gasteiger partial charge in [-0.15, -0.1) is 11.8 Å². The van der Waals surface area contributed by atoms with Gasteiger partial charge in [0.25, 0.3) is 0 Å². The lowest BCUT2D eigenvalue weighted by Crippen LogP contribution is -2.06. The zero-order valence-corrected chi connectivity index (χ0v) is 38.3. The first kappa shape index (κ1) is 39.8. The molecule has 0 amide bonds. The number of hydrogen-bond donors (Lipinski definition) is 0. The van der Waals surface area contributed by atoms with Crippen LogP contribution in [0.5, 0.6) is 0 Å². The fraction of sp³-hybridized carbons (Fsp3) is 0.0303. The van der Waals surface area contributed by atoms with Gasteiger partial charge in [-0.2, -0.15) is 0 Å². The standard InChI is InChI=1S/C66H42O2S/c1-4-31-61-55(22-1)58-28-11-25-52(64(58)67-61)47-20-9-16-43(36-47)41-14-7-18-45(34-41)49-38-50(40-51(39-49)54-27-13-30-60-57-24-3-6-33-63(57)69-66(54)60)46-19-8-15-42(35-46)44-17-10-21-48(37-44)53-26-12-29-59-56-23-2-5-32-62(56)68-65(53)59/h1-40,57,63H. The molecule has 2 atom stereocenters. The topological polar surface area (TPSA) is 26.3 Å². The van der Waals surface area contributed by atoms with E-state index in [4.69, 9.17) is 8.83 Å². The molecule has 2 aliphatic rings. The molecule has 12 aromatic rings. The minimum Gasteiger partial charge on any atom is -0.455 e. The number of thioether (sulfide) groups is 1. The molecule has 10 aromatic carbocycles. The molecule has 0 saturated heterocycles. The first-order valence-electron chi connectivity index (χ1n) is 23.7. The van der Waals surface area contributed by atoms with Crippen molar-refractivity contribution >= 4 is 55.6 Å². The maximum absolute atomic E-state index is 6.48. The van der Waals surface area contributed by atoms with Crippen LogP contribution in [0, 0.1) is 0 Å². The molecular weight excluding hydrogens is 857 g/mol. The predicted octanol–water partition coefficient (Wildman–Crippen LogP) is 18.8. The molecule has 3 heteroatoms. The fourth-order valence-electron chi connectivity index (χ4n) is 10.8. The largest absolute Gasteiger partial charge is 0.455 e. The van der Waals surface area contributed by atoms with Crippen molar-refractivity contribution < 1.29 is 8.83 Å². The molecule has 2 unspecified atom stereocenters. The molecule has 2 nitrogen and oxygen atoms in total. The van der Waals surface area contributed by atoms with Crippen LogP contribution in [0.3, 0.4) is 0 Å². The first-order chi connectivity index (χ1) is 34.2. The van der Waals surface area contributed by atoms with E-state index in [-0.39, 0.29) is 0 Å². The Hall–Kier alpha value is -8.37. The quantitative estimate of drug-likeness (QED) is 0.159. The second-order valence-electron chi connectivity index (χ2n) is 18.3. The molecule has 69 heavy (non-hydrogen) atoms. The second kappa shape index (κ2) is 16.2. The van der Waals surface area contributed by atoms with E-state index in [1.807, 2.05) is 36.0 Å². The summed E-state index contributed by atoms with van der Waals surface area (Å²) in [5.74, 6) is 0.384. The molecule has 14 rings (SSSR count). The summed E-state index contributed by atoms with van der Waals surface area (Å²) in [6.07, 6.45) is 9.12. The van der Waals surface area contributed by atoms with Gasteiger partial charge < -0.3 is 8.83 Å². The highest BCUT2D eigenvalue weighted by atomic mass is 32.2. The first-order valence-corrected chi connectivity index (χ1v) is 24.6. The zero-order chi connectivity index (χ0) is 45.4. The number of hydrogen-bond acceptors (Lipinski definition) is 3. The molecule has 1 aliphatic heterocycles. The normalized spacial score (nSPS) is 15.1. The van der Waals surface area contributed by atoms with Crippen molar-refractivity contribution in [1.29, 1.82) is 0 Å². The number of benzene rings is 10. The monoisotopic (exact) mass is 898 g/mol. The van der Waals surface area contributed by atoms with Gasteiger partial charge in [0.1, 0.15) is 22.3 Å². The van der Waals surface area contributed by atoms with Gasteiger partial charge in [-0.3, -0.25) is 0 Å². The summed E-state index contributed by atoms with van der Waals surface area (Å²) in [6.45, 7) is 0. The van der Waals surface area contributed by atoms with Crippen molar-refractivity contribution in [3.63, 3.8) is 0 Å². The maximum atomic E-state index is 6.48. The van der Waals surface area contributed by atoms with E-state index in [1.165, 1.54) is 43.8 Å². The molecule has 0 radical (unpaired) electrons. The Morgan fingerprint density at radius 3 is 1.25 bits per heavy atom. The van der Waals surface area contributed by atoms with E-state index < -0.39 is 0 Å². The molecule has 324 valence electrons. The molecule has 1 aliphatic carbocycles. The summed E-state index contributed by atoms with van der Waals surface area (Å²) in [7, 11) is 0. The Kier molecular flexibility index (Phi) is 9.31. The molecule has 2 aromatic heterocycles. The molecule has 0 saturated carbocycles. The lowest BCUT2D eigenvalue weighted by Gasteiger charge is -2.15. The second-order valence-corrected chi connectivity index (χ2v) is 19.5. The Morgan fingerprint density at radius 1 is 0.304 bits per heavy atom. The van der Waals surface area contributed by atoms with Crippen LogP contribution in [0.2, 0.25) is 0 Å². The fourth-order valence-corrected chi connectivity index (χ4v) is 12.3. The van der Waals surface area contributed by atoms with E-state index in [1.54, 1.807) is 0 Å². The number of rotatable bonds is 7. The van der Waals surface area contributed by atoms with Crippen molar-refractivity contribution in [3.05, 3.63) is 248 Å². The summed E-state index contributed by atoms with van der Waals surface area (Å²) < 4.78 is 13.0. The number of allylic oxidation sites excluding steroid dienone is 3. The molecule has 0 spiro atoms. The average molecular weight is 899 g/mol. The number of fused-ring (bicyclic) bond motifs is 9. The number of furan rings is 2. The van der Waals surface area contributed by atoms with Crippen molar-refractivity contribution in [2.24, 2.45) is 0 Å². The summed E-state index contributed by atoms with van der Waals surface area (Å²) in [4.78, 5) is 1.38. The van der Waals surface area contributed by atoms with E-state index >= 15 is 0 Å². The highest BCUT2D eigenvalue weighted by molar-refractivity contribution is 8.00. The van der Waals surface area contributed by atoms with Crippen molar-refractivity contribution in [1.82, 2.24) is 0 Å². The summed E-state index contributed by atoms with van der Waals surface area (Å²) >= 11 is 2.00. The summed E-state index contributed by atoms with van der Waals surface area (Å²) in [6, 6.07) is 79.4. The Bertz CT molecular complexity index is 3870. The predicted molar refractivity (Wildman–Crippen MR) is 290 cm³/mol. The molecule has 0 fully saturated rings. The van der Waals surface area contributed by atoms with E-state index in [0.29, 0.717) is 11.2 Å². The Morgan fingerprint density at radius 2 is 0.696 bits per heavy atom. The zero-order valence-electron chi connectivity index (χ0n) is 37.5. The highest BCUT2D eigenvalue weighted by Gasteiger charge is 2.33. The average Bonchev–Trinajstić information content (AvgIpc) is 4.13. The van der Waals surface area contributed by atoms with E-state index in [0.717, 1.165) is 88.4 Å². The molecule has 3 heterocycles. The van der Waals surface area contributed by atoms with Crippen LogP contribution >= 0.6 is 11.8 Å². The lowest BCUT2D eigenvalue weighted by molar-refractivity contribution is 0.669. The van der Waals surface area contributed by atoms with E-state index in [9.17, 15) is 0 Å². The molecule has 0 N–H and O–H groups in total. The van der Waals surface area contributed by atoms with Crippen LogP contribution in [0.4, 0.5) is 0 Å². The SMILES string of the molecule is C1=CC2Sc3c(-c4cc(-c5cccc(-c6cccc(-c7cccc8c7oc7ccccc78)c6)c5)cc(-c5cccc(-c6cccc(-c7cccc8c7oc7ccccc78)c6)c5)c4)cccc3C2C=C1. The maximum Gasteiger partial charge on any atom is 0.143 e. The lowest BCUT2D eigenvalue weighted by atomic mass is 9.88. The third-order valence-corrected chi connectivity index (χ3v) is 15.6. The van der Waals surface area contributed by atoms with Crippen LogP contribution in [0.15, 0.2) is 256 Å². The Labute approximate surface area is 404 Å². The third-order valence-electron chi connectivity index (χ3n) is 14.2. The van der Waals surface area contributed by atoms with Crippen LogP contribution in [-0.2, 0) is 0 Å². The van der Waals surface area contributed by atoms with E-state index in [2.05, 4.69) is 218 Å². The third kappa shape index (κ3) is 6.80. The van der Waals surface area contributed by atoms with Crippen LogP contribution in [-0.4, -0.2) is 5.25 Å². The van der Waals surface area contributed by atoms with Gasteiger partial charge in [-0.1, -0.05) is 188 Å². The van der Waals surface area contributed by atoms with Crippen molar-refractivity contribution in [2.45, 2.75) is 16.1 Å². The van der Waals surface area contributed by atoms with Gasteiger partial charge in [0.15, 0.2) is 0 Å². The van der Waals surface area contributed by atoms with Gasteiger partial charge in [-0.25, -0.2) is 0 Å². The van der Waals surface area contributed by atoms with Gasteiger partial charge >= 0.3 is 0 Å². The van der Waals surface area contributed by atoms with Crippen molar-refractivity contribution in [3.8, 4) is 77.9 Å². The van der Waals surface area contributed by atoms with Crippen LogP contribution in [0.1, 0.15) is 11.5 Å². The van der Waals surface area contributed by atoms with Gasteiger partial charge in [0.05, 0.1) is 0 Å². The minimum atomic E-state index is 0.384. The highest BCUT2D eigenvalue weighted by Crippen LogP contribution is 2.52. The number of para-hydroxylation sites is 4. The van der Waals surface area contributed by atoms with Gasteiger partial charge in [0, 0.05) is 48.7 Å². The van der Waals surface area contributed by atoms with Crippen LogP contribution in [0.25, 0.3) is 122 Å². The summed E-state index contributed by atoms with van der Waals surface area (Å²) in [5.41, 5.74) is 21.4. The Balaban J connectivity index is 0.875.